The Morgan fingerprint density at radius 1 is 1.07 bits per heavy atom. The Labute approximate surface area is 169 Å². The quantitative estimate of drug-likeness (QED) is 0.354. The molecule has 0 saturated carbocycles. The summed E-state index contributed by atoms with van der Waals surface area (Å²) in [7, 11) is 1.97. The molecule has 0 fully saturated rings. The number of hydrogen-bond acceptors (Lipinski definition) is 4. The first-order chi connectivity index (χ1) is 13.7. The van der Waals surface area contributed by atoms with Crippen molar-refractivity contribution in [1.29, 1.82) is 0 Å². The van der Waals surface area contributed by atoms with Crippen LogP contribution in [0, 0.1) is 6.92 Å². The van der Waals surface area contributed by atoms with E-state index in [9.17, 15) is 0 Å². The Morgan fingerprint density at radius 2 is 1.79 bits per heavy atom. The standard InChI is InChI=1S/C21H35N7/c1-5-7-14-22-21(24-17-20-26-25-18(3)27(20)4)23-15-11-16-28(6-2)19-12-9-8-10-13-19/h8-10,12-13H,5-7,11,14-17H2,1-4H3,(H2,22,23,24). The third-order valence-electron chi connectivity index (χ3n) is 4.78. The van der Waals surface area contributed by atoms with Crippen molar-refractivity contribution in [3.05, 3.63) is 42.0 Å². The molecule has 0 amide bonds. The smallest absolute Gasteiger partial charge is 0.191 e. The molecular formula is C21H35N7. The molecule has 1 aromatic carbocycles. The van der Waals surface area contributed by atoms with Crippen molar-refractivity contribution < 1.29 is 0 Å². The summed E-state index contributed by atoms with van der Waals surface area (Å²) in [5.41, 5.74) is 1.28. The maximum absolute atomic E-state index is 4.69. The minimum Gasteiger partial charge on any atom is -0.372 e. The summed E-state index contributed by atoms with van der Waals surface area (Å²) in [6.45, 7) is 10.7. The van der Waals surface area contributed by atoms with Crippen LogP contribution in [0.4, 0.5) is 5.69 Å². The van der Waals surface area contributed by atoms with Crippen LogP contribution in [-0.4, -0.2) is 46.9 Å². The Morgan fingerprint density at radius 3 is 2.39 bits per heavy atom. The van der Waals surface area contributed by atoms with E-state index >= 15 is 0 Å². The zero-order valence-electron chi connectivity index (χ0n) is 17.8. The predicted molar refractivity (Wildman–Crippen MR) is 117 cm³/mol. The van der Waals surface area contributed by atoms with Crippen LogP contribution in [0.3, 0.4) is 0 Å². The number of rotatable bonds is 11. The van der Waals surface area contributed by atoms with E-state index in [1.807, 2.05) is 18.5 Å². The van der Waals surface area contributed by atoms with Crippen LogP contribution in [-0.2, 0) is 13.6 Å². The summed E-state index contributed by atoms with van der Waals surface area (Å²) >= 11 is 0. The largest absolute Gasteiger partial charge is 0.372 e. The number of guanidine groups is 1. The molecule has 0 spiro atoms. The number of aromatic nitrogens is 3. The predicted octanol–water partition coefficient (Wildman–Crippen LogP) is 2.88. The number of anilines is 1. The number of para-hydroxylation sites is 1. The van der Waals surface area contributed by atoms with Gasteiger partial charge in [0.1, 0.15) is 12.4 Å². The highest BCUT2D eigenvalue weighted by Gasteiger charge is 2.06. The van der Waals surface area contributed by atoms with Crippen molar-refractivity contribution in [2.75, 3.05) is 31.1 Å². The van der Waals surface area contributed by atoms with Crippen LogP contribution in [0.15, 0.2) is 35.3 Å². The highest BCUT2D eigenvalue weighted by molar-refractivity contribution is 5.79. The third kappa shape index (κ3) is 6.87. The van der Waals surface area contributed by atoms with Crippen molar-refractivity contribution in [2.45, 2.75) is 46.6 Å². The fraction of sp³-hybridized carbons (Fsp3) is 0.571. The average molecular weight is 386 g/mol. The summed E-state index contributed by atoms with van der Waals surface area (Å²) in [5, 5.41) is 15.2. The maximum Gasteiger partial charge on any atom is 0.191 e. The number of hydrogen-bond donors (Lipinski definition) is 2. The SMILES string of the molecule is CCCCNC(=NCc1nnc(C)n1C)NCCCN(CC)c1ccccc1. The summed E-state index contributed by atoms with van der Waals surface area (Å²) in [6, 6.07) is 10.6. The lowest BCUT2D eigenvalue weighted by atomic mass is 10.2. The van der Waals surface area contributed by atoms with Crippen LogP contribution in [0.5, 0.6) is 0 Å². The topological polar surface area (TPSA) is 70.4 Å². The molecule has 1 heterocycles. The van der Waals surface area contributed by atoms with Gasteiger partial charge in [0, 0.05) is 38.9 Å². The Hall–Kier alpha value is -2.57. The summed E-state index contributed by atoms with van der Waals surface area (Å²) in [6.07, 6.45) is 3.33. The molecule has 0 saturated heterocycles. The molecule has 2 rings (SSSR count). The van der Waals surface area contributed by atoms with Gasteiger partial charge >= 0.3 is 0 Å². The average Bonchev–Trinajstić information content (AvgIpc) is 3.04. The van der Waals surface area contributed by atoms with Crippen molar-refractivity contribution in [3.8, 4) is 0 Å². The number of aryl methyl sites for hydroxylation is 1. The molecular weight excluding hydrogens is 350 g/mol. The van der Waals surface area contributed by atoms with Crippen LogP contribution in [0.25, 0.3) is 0 Å². The fourth-order valence-electron chi connectivity index (χ4n) is 2.88. The molecule has 7 nitrogen and oxygen atoms in total. The van der Waals surface area contributed by atoms with E-state index in [0.29, 0.717) is 6.54 Å². The molecule has 2 aromatic rings. The van der Waals surface area contributed by atoms with E-state index < -0.39 is 0 Å². The molecule has 0 aliphatic carbocycles. The molecule has 1 aromatic heterocycles. The number of unbranched alkanes of at least 4 members (excludes halogenated alkanes) is 1. The van der Waals surface area contributed by atoms with Gasteiger partial charge in [-0.2, -0.15) is 0 Å². The minimum absolute atomic E-state index is 0.518. The third-order valence-corrected chi connectivity index (χ3v) is 4.78. The molecule has 2 N–H and O–H groups in total. The second-order valence-electron chi connectivity index (χ2n) is 6.86. The normalized spacial score (nSPS) is 11.5. The van der Waals surface area contributed by atoms with Gasteiger partial charge in [-0.3, -0.25) is 0 Å². The molecule has 0 radical (unpaired) electrons. The van der Waals surface area contributed by atoms with E-state index in [0.717, 1.165) is 63.0 Å². The van der Waals surface area contributed by atoms with E-state index in [1.54, 1.807) is 0 Å². The van der Waals surface area contributed by atoms with Crippen molar-refractivity contribution in [3.63, 3.8) is 0 Å². The molecule has 28 heavy (non-hydrogen) atoms. The first-order valence-electron chi connectivity index (χ1n) is 10.3. The van der Waals surface area contributed by atoms with Gasteiger partial charge in [-0.05, 0) is 38.8 Å². The number of nitrogens with one attached hydrogen (secondary N) is 2. The fourth-order valence-corrected chi connectivity index (χ4v) is 2.88. The second-order valence-corrected chi connectivity index (χ2v) is 6.86. The lowest BCUT2D eigenvalue weighted by Gasteiger charge is -2.23. The van der Waals surface area contributed by atoms with Crippen molar-refractivity contribution in [1.82, 2.24) is 25.4 Å². The summed E-state index contributed by atoms with van der Waals surface area (Å²) < 4.78 is 1.98. The van der Waals surface area contributed by atoms with Crippen LogP contribution < -0.4 is 15.5 Å². The van der Waals surface area contributed by atoms with Gasteiger partial charge < -0.3 is 20.1 Å². The summed E-state index contributed by atoms with van der Waals surface area (Å²) in [5.74, 6) is 2.62. The first-order valence-corrected chi connectivity index (χ1v) is 10.3. The molecule has 154 valence electrons. The van der Waals surface area contributed by atoms with Gasteiger partial charge in [-0.15, -0.1) is 10.2 Å². The highest BCUT2D eigenvalue weighted by atomic mass is 15.3. The van der Waals surface area contributed by atoms with Gasteiger partial charge in [-0.25, -0.2) is 4.99 Å². The minimum atomic E-state index is 0.518. The Balaban J connectivity index is 1.85. The highest BCUT2D eigenvalue weighted by Crippen LogP contribution is 2.12. The summed E-state index contributed by atoms with van der Waals surface area (Å²) in [4.78, 5) is 7.09. The van der Waals surface area contributed by atoms with Gasteiger partial charge in [0.15, 0.2) is 11.8 Å². The monoisotopic (exact) mass is 385 g/mol. The lowest BCUT2D eigenvalue weighted by molar-refractivity contribution is 0.687. The first kappa shape index (κ1) is 21.7. The van der Waals surface area contributed by atoms with Crippen LogP contribution in [0.2, 0.25) is 0 Å². The molecule has 0 unspecified atom stereocenters. The zero-order chi connectivity index (χ0) is 20.2. The number of nitrogens with zero attached hydrogens (tertiary/aromatic N) is 5. The van der Waals surface area contributed by atoms with E-state index in [1.165, 1.54) is 5.69 Å². The van der Waals surface area contributed by atoms with E-state index in [-0.39, 0.29) is 0 Å². The number of aliphatic imine (C=N–C) groups is 1. The van der Waals surface area contributed by atoms with Gasteiger partial charge in [-0.1, -0.05) is 31.5 Å². The molecule has 0 bridgehead atoms. The van der Waals surface area contributed by atoms with Crippen LogP contribution in [0.1, 0.15) is 44.8 Å². The molecule has 0 atom stereocenters. The Bertz CT molecular complexity index is 709. The van der Waals surface area contributed by atoms with E-state index in [2.05, 4.69) is 69.9 Å². The van der Waals surface area contributed by atoms with Gasteiger partial charge in [0.2, 0.25) is 0 Å². The lowest BCUT2D eigenvalue weighted by Crippen LogP contribution is -2.39. The molecule has 0 aliphatic rings. The van der Waals surface area contributed by atoms with Crippen molar-refractivity contribution in [2.24, 2.45) is 12.0 Å². The molecule has 7 heteroatoms. The van der Waals surface area contributed by atoms with Gasteiger partial charge in [0.05, 0.1) is 0 Å². The van der Waals surface area contributed by atoms with E-state index in [4.69, 9.17) is 4.99 Å². The second kappa shape index (κ2) is 12.0. The number of benzene rings is 1. The molecule has 0 aliphatic heterocycles. The van der Waals surface area contributed by atoms with Crippen LogP contribution >= 0.6 is 0 Å². The Kier molecular flexibility index (Phi) is 9.31. The van der Waals surface area contributed by atoms with Crippen molar-refractivity contribution >= 4 is 11.6 Å². The zero-order valence-corrected chi connectivity index (χ0v) is 17.8. The maximum atomic E-state index is 4.69. The van der Waals surface area contributed by atoms with Gasteiger partial charge in [0.25, 0.3) is 0 Å².